The van der Waals surface area contributed by atoms with Gasteiger partial charge < -0.3 is 15.2 Å². The zero-order valence-electron chi connectivity index (χ0n) is 27.8. The van der Waals surface area contributed by atoms with Gasteiger partial charge >= 0.3 is 12.1 Å². The highest BCUT2D eigenvalue weighted by molar-refractivity contribution is 7.14. The number of carboxylic acids is 1. The fraction of sp³-hybridized carbons (Fsp3) is 0.486. The number of carbonyl (C=O) groups is 2. The van der Waals surface area contributed by atoms with Crippen LogP contribution in [0.2, 0.25) is 0 Å². The van der Waals surface area contributed by atoms with Crippen LogP contribution in [0.1, 0.15) is 109 Å². The lowest BCUT2D eigenvalue weighted by Crippen LogP contribution is -2.25. The van der Waals surface area contributed by atoms with Gasteiger partial charge in [0, 0.05) is 17.8 Å². The summed E-state index contributed by atoms with van der Waals surface area (Å²) in [5.74, 6) is 2.22. The molecule has 1 heterocycles. The third-order valence-electron chi connectivity index (χ3n) is 5.28. The second-order valence-electron chi connectivity index (χ2n) is 9.56. The first-order valence-electron chi connectivity index (χ1n) is 14.7. The summed E-state index contributed by atoms with van der Waals surface area (Å²) in [5, 5.41) is 11.2. The molecular formula is C35H52F3NO4S. The molecule has 0 saturated carbocycles. The van der Waals surface area contributed by atoms with E-state index in [2.05, 4.69) is 38.6 Å². The van der Waals surface area contributed by atoms with Crippen molar-refractivity contribution in [3.63, 3.8) is 0 Å². The van der Waals surface area contributed by atoms with Crippen molar-refractivity contribution in [3.8, 4) is 12.3 Å². The maximum absolute atomic E-state index is 12.0. The molecule has 0 aromatic carbocycles. The standard InChI is InChI=1S/C23H27NO4S.C5H7F3.C5H12.C2H6/c1-6-7-8-9-19(16(2)3)17(4)13-15-28-18(5)20-10-11-21(29-20)23(27)24-14-12-22(25)26;1-2-3-4-5(6,7)8;1-4-5(2)3;1-2/h1,8-11,13,15,18H,2,7,12,14H2,3-5H3,(H,24,27)(H,25,26);2-3H,4H2,1H3;5H,4H2,1-3H3;1-2H3/b9-8+,15-13+,19-17-;3-2-;;. The number of halogens is 3. The average molecular weight is 640 g/mol. The van der Waals surface area contributed by atoms with Crippen LogP contribution in [0, 0.1) is 18.3 Å². The van der Waals surface area contributed by atoms with Crippen LogP contribution >= 0.6 is 11.3 Å². The fourth-order valence-electron chi connectivity index (χ4n) is 2.59. The summed E-state index contributed by atoms with van der Waals surface area (Å²) in [7, 11) is 0. The van der Waals surface area contributed by atoms with Gasteiger partial charge in [0.05, 0.1) is 24.0 Å². The minimum Gasteiger partial charge on any atom is -0.493 e. The van der Waals surface area contributed by atoms with Gasteiger partial charge in [0.2, 0.25) is 0 Å². The summed E-state index contributed by atoms with van der Waals surface area (Å²) >= 11 is 1.32. The highest BCUT2D eigenvalue weighted by Gasteiger charge is 2.24. The van der Waals surface area contributed by atoms with E-state index in [1.54, 1.807) is 19.3 Å². The summed E-state index contributed by atoms with van der Waals surface area (Å²) in [6.07, 6.45) is 11.8. The summed E-state index contributed by atoms with van der Waals surface area (Å²) in [6.45, 7) is 22.1. The van der Waals surface area contributed by atoms with Crippen molar-refractivity contribution in [1.29, 1.82) is 0 Å². The van der Waals surface area contributed by atoms with Crippen LogP contribution in [0.3, 0.4) is 0 Å². The number of alkyl halides is 3. The highest BCUT2D eigenvalue weighted by Crippen LogP contribution is 2.26. The molecule has 1 amide bonds. The number of ether oxygens (including phenoxy) is 1. The van der Waals surface area contributed by atoms with Crippen molar-refractivity contribution in [1.82, 2.24) is 5.32 Å². The van der Waals surface area contributed by atoms with Gasteiger partial charge in [0.25, 0.3) is 5.91 Å². The zero-order chi connectivity index (χ0) is 34.7. The number of amides is 1. The van der Waals surface area contributed by atoms with E-state index in [0.29, 0.717) is 11.3 Å². The smallest absolute Gasteiger partial charge is 0.392 e. The Balaban J connectivity index is -0.000000924. The molecule has 0 saturated heterocycles. The van der Waals surface area contributed by atoms with Crippen molar-refractivity contribution < 1.29 is 32.6 Å². The normalized spacial score (nSPS) is 12.2. The Labute approximate surface area is 267 Å². The van der Waals surface area contributed by atoms with Gasteiger partial charge in [-0.05, 0) is 63.0 Å². The average Bonchev–Trinajstić information content (AvgIpc) is 3.46. The van der Waals surface area contributed by atoms with Gasteiger partial charge in [-0.15, -0.1) is 23.7 Å². The number of hydrogen-bond donors (Lipinski definition) is 2. The van der Waals surface area contributed by atoms with Crippen LogP contribution in [0.15, 0.2) is 72.1 Å². The van der Waals surface area contributed by atoms with Gasteiger partial charge in [-0.1, -0.05) is 77.5 Å². The SMILES string of the molecule is C#CC/C=C/C(C(=C)C)=C(C)/C=C/OC(C)c1ccc(C(=O)NCCC(=O)O)s1.C/C=C\CC(F)(F)F.CC.CCC(C)C. The lowest BCUT2D eigenvalue weighted by Gasteiger charge is -2.09. The minimum absolute atomic E-state index is 0.0998. The van der Waals surface area contributed by atoms with Crippen molar-refractivity contribution >= 4 is 23.2 Å². The number of nitrogens with one attached hydrogen (secondary N) is 1. The quantitative estimate of drug-likeness (QED) is 0.0975. The molecule has 0 spiro atoms. The number of aliphatic carboxylic acids is 1. The molecule has 2 N–H and O–H groups in total. The molecule has 1 aromatic heterocycles. The second kappa shape index (κ2) is 27.1. The first-order chi connectivity index (χ1) is 20.6. The maximum atomic E-state index is 12.0. The molecule has 0 aliphatic heterocycles. The third kappa shape index (κ3) is 26.1. The zero-order valence-corrected chi connectivity index (χ0v) is 28.6. The molecule has 0 aliphatic rings. The van der Waals surface area contributed by atoms with Crippen molar-refractivity contribution in [2.24, 2.45) is 5.92 Å². The predicted octanol–water partition coefficient (Wildman–Crippen LogP) is 10.6. The molecule has 1 rings (SSSR count). The van der Waals surface area contributed by atoms with Crippen LogP contribution in [0.25, 0.3) is 0 Å². The first-order valence-corrected chi connectivity index (χ1v) is 15.5. The minimum atomic E-state index is -4.04. The van der Waals surface area contributed by atoms with E-state index in [0.717, 1.165) is 33.6 Å². The molecule has 5 nitrogen and oxygen atoms in total. The molecule has 1 atom stereocenters. The Hall–Kier alpha value is -3.51. The van der Waals surface area contributed by atoms with Crippen LogP contribution in [-0.2, 0) is 9.53 Å². The summed E-state index contributed by atoms with van der Waals surface area (Å²) in [5.41, 5.74) is 2.94. The van der Waals surface area contributed by atoms with E-state index in [4.69, 9.17) is 16.3 Å². The molecule has 1 unspecified atom stereocenters. The molecule has 0 aliphatic carbocycles. The van der Waals surface area contributed by atoms with Crippen molar-refractivity contribution in [2.75, 3.05) is 6.54 Å². The van der Waals surface area contributed by atoms with Gasteiger partial charge in [-0.3, -0.25) is 9.59 Å². The fourth-order valence-corrected chi connectivity index (χ4v) is 3.50. The second-order valence-corrected chi connectivity index (χ2v) is 10.7. The first kappa shape index (κ1) is 44.9. The van der Waals surface area contributed by atoms with E-state index in [1.165, 1.54) is 23.8 Å². The molecule has 0 fully saturated rings. The Bertz CT molecular complexity index is 1120. The predicted molar refractivity (Wildman–Crippen MR) is 180 cm³/mol. The molecule has 0 bridgehead atoms. The highest BCUT2D eigenvalue weighted by atomic mass is 32.1. The summed E-state index contributed by atoms with van der Waals surface area (Å²) < 4.78 is 39.3. The van der Waals surface area contributed by atoms with Gasteiger partial charge in [-0.25, -0.2) is 0 Å². The van der Waals surface area contributed by atoms with Crippen LogP contribution in [-0.4, -0.2) is 29.7 Å². The van der Waals surface area contributed by atoms with Crippen molar-refractivity contribution in [3.05, 3.63) is 81.8 Å². The number of terminal acetylenes is 1. The monoisotopic (exact) mass is 639 g/mol. The number of allylic oxidation sites excluding steroid dienone is 8. The molecular weight excluding hydrogens is 587 g/mol. The Morgan fingerprint density at radius 2 is 1.75 bits per heavy atom. The number of carbonyl (C=O) groups excluding carboxylic acids is 1. The van der Waals surface area contributed by atoms with Crippen LogP contribution in [0.4, 0.5) is 13.2 Å². The topological polar surface area (TPSA) is 75.6 Å². The largest absolute Gasteiger partial charge is 0.493 e. The number of carboxylic acid groups (broad SMARTS) is 1. The molecule has 44 heavy (non-hydrogen) atoms. The van der Waals surface area contributed by atoms with E-state index in [-0.39, 0.29) is 25.0 Å². The van der Waals surface area contributed by atoms with Gasteiger partial charge in [0.1, 0.15) is 6.10 Å². The lowest BCUT2D eigenvalue weighted by molar-refractivity contribution is -0.136. The van der Waals surface area contributed by atoms with E-state index in [9.17, 15) is 22.8 Å². The van der Waals surface area contributed by atoms with Crippen LogP contribution < -0.4 is 5.32 Å². The third-order valence-corrected chi connectivity index (χ3v) is 6.53. The van der Waals surface area contributed by atoms with E-state index >= 15 is 0 Å². The summed E-state index contributed by atoms with van der Waals surface area (Å²) in [4.78, 5) is 24.0. The van der Waals surface area contributed by atoms with Crippen molar-refractivity contribution in [2.45, 2.75) is 100 Å². The molecule has 1 aromatic rings. The Morgan fingerprint density at radius 1 is 1.16 bits per heavy atom. The summed E-state index contributed by atoms with van der Waals surface area (Å²) in [6, 6.07) is 3.54. The van der Waals surface area contributed by atoms with Gasteiger partial charge in [0.15, 0.2) is 0 Å². The lowest BCUT2D eigenvalue weighted by atomic mass is 10.0. The van der Waals surface area contributed by atoms with Gasteiger partial charge in [-0.2, -0.15) is 13.2 Å². The molecule has 0 radical (unpaired) electrons. The number of thiophene rings is 1. The maximum Gasteiger partial charge on any atom is 0.392 e. The molecule has 248 valence electrons. The molecule has 9 heteroatoms. The Morgan fingerprint density at radius 3 is 2.18 bits per heavy atom. The Kier molecular flexibility index (Phi) is 27.6. The number of rotatable bonds is 13. The van der Waals surface area contributed by atoms with Crippen LogP contribution in [0.5, 0.6) is 0 Å². The van der Waals surface area contributed by atoms with E-state index in [1.807, 2.05) is 58.9 Å². The van der Waals surface area contributed by atoms with E-state index < -0.39 is 18.6 Å². The number of hydrogen-bond acceptors (Lipinski definition) is 4.